The van der Waals surface area contributed by atoms with Crippen LogP contribution in [-0.2, 0) is 14.4 Å². The Labute approximate surface area is 89.7 Å². The van der Waals surface area contributed by atoms with E-state index in [0.29, 0.717) is 12.1 Å². The Morgan fingerprint density at radius 3 is 2.40 bits per heavy atom. The SMILES string of the molecule is CC/C(=N\OS(C)(=O)=O)c1ccccc1. The maximum absolute atomic E-state index is 10.8. The van der Waals surface area contributed by atoms with Crippen LogP contribution in [-0.4, -0.2) is 20.4 Å². The Bertz CT molecular complexity index is 437. The van der Waals surface area contributed by atoms with Crippen molar-refractivity contribution in [3.63, 3.8) is 0 Å². The quantitative estimate of drug-likeness (QED) is 0.582. The molecule has 0 N–H and O–H groups in total. The van der Waals surface area contributed by atoms with Crippen LogP contribution in [0.3, 0.4) is 0 Å². The summed E-state index contributed by atoms with van der Waals surface area (Å²) in [6.07, 6.45) is 1.58. The van der Waals surface area contributed by atoms with Crippen LogP contribution < -0.4 is 0 Å². The second-order valence-electron chi connectivity index (χ2n) is 3.04. The lowest BCUT2D eigenvalue weighted by Gasteiger charge is -2.02. The number of oxime groups is 1. The van der Waals surface area contributed by atoms with Crippen molar-refractivity contribution in [2.24, 2.45) is 5.16 Å². The van der Waals surface area contributed by atoms with Crippen molar-refractivity contribution in [2.45, 2.75) is 13.3 Å². The van der Waals surface area contributed by atoms with E-state index < -0.39 is 10.1 Å². The molecule has 0 saturated carbocycles. The minimum absolute atomic E-state index is 0.611. The first-order valence-electron chi connectivity index (χ1n) is 4.54. The van der Waals surface area contributed by atoms with E-state index in [0.717, 1.165) is 11.8 Å². The van der Waals surface area contributed by atoms with E-state index in [1.807, 2.05) is 37.3 Å². The summed E-state index contributed by atoms with van der Waals surface area (Å²) in [5.41, 5.74) is 1.48. The minimum Gasteiger partial charge on any atom is -0.268 e. The highest BCUT2D eigenvalue weighted by Crippen LogP contribution is 2.05. The highest BCUT2D eigenvalue weighted by molar-refractivity contribution is 7.85. The van der Waals surface area contributed by atoms with Gasteiger partial charge in [-0.25, -0.2) is 0 Å². The van der Waals surface area contributed by atoms with E-state index in [1.165, 1.54) is 0 Å². The van der Waals surface area contributed by atoms with E-state index in [4.69, 9.17) is 0 Å². The van der Waals surface area contributed by atoms with Gasteiger partial charge < -0.3 is 0 Å². The highest BCUT2D eigenvalue weighted by atomic mass is 32.2. The average Bonchev–Trinajstić information content (AvgIpc) is 2.19. The number of nitrogens with zero attached hydrogens (tertiary/aromatic N) is 1. The molecular formula is C10H13NO3S. The molecule has 0 radical (unpaired) electrons. The Morgan fingerprint density at radius 2 is 1.93 bits per heavy atom. The van der Waals surface area contributed by atoms with Crippen LogP contribution in [0.15, 0.2) is 35.5 Å². The van der Waals surface area contributed by atoms with Gasteiger partial charge in [0.1, 0.15) is 0 Å². The fourth-order valence-electron chi connectivity index (χ4n) is 1.06. The van der Waals surface area contributed by atoms with Crippen molar-refractivity contribution in [3.8, 4) is 0 Å². The zero-order valence-electron chi connectivity index (χ0n) is 8.67. The first kappa shape index (κ1) is 11.7. The molecule has 0 atom stereocenters. The van der Waals surface area contributed by atoms with E-state index in [9.17, 15) is 8.42 Å². The molecule has 0 saturated heterocycles. The predicted molar refractivity (Wildman–Crippen MR) is 59.2 cm³/mol. The van der Waals surface area contributed by atoms with Crippen molar-refractivity contribution in [2.75, 3.05) is 6.26 Å². The topological polar surface area (TPSA) is 55.7 Å². The molecule has 82 valence electrons. The molecular weight excluding hydrogens is 214 g/mol. The van der Waals surface area contributed by atoms with Gasteiger partial charge in [0, 0.05) is 0 Å². The van der Waals surface area contributed by atoms with Gasteiger partial charge in [-0.3, -0.25) is 4.28 Å². The van der Waals surface area contributed by atoms with Gasteiger partial charge in [-0.05, 0) is 12.0 Å². The normalized spacial score (nSPS) is 12.5. The molecule has 0 unspecified atom stereocenters. The van der Waals surface area contributed by atoms with Crippen LogP contribution in [0, 0.1) is 0 Å². The monoisotopic (exact) mass is 227 g/mol. The standard InChI is InChI=1S/C10H13NO3S/c1-3-10(11-14-15(2,12)13)9-7-5-4-6-8-9/h4-8H,3H2,1-2H3/b11-10+. The maximum Gasteiger partial charge on any atom is 0.325 e. The van der Waals surface area contributed by atoms with Crippen LogP contribution in [0.5, 0.6) is 0 Å². The van der Waals surface area contributed by atoms with E-state index >= 15 is 0 Å². The first-order valence-corrected chi connectivity index (χ1v) is 6.35. The van der Waals surface area contributed by atoms with Crippen LogP contribution in [0.25, 0.3) is 0 Å². The van der Waals surface area contributed by atoms with E-state index in [-0.39, 0.29) is 0 Å². The van der Waals surface area contributed by atoms with Gasteiger partial charge in [-0.1, -0.05) is 42.4 Å². The van der Waals surface area contributed by atoms with Crippen LogP contribution in [0.2, 0.25) is 0 Å². The summed E-state index contributed by atoms with van der Waals surface area (Å²) in [4.78, 5) is 0. The third-order valence-electron chi connectivity index (χ3n) is 1.72. The second-order valence-corrected chi connectivity index (χ2v) is 4.59. The molecule has 1 rings (SSSR count). The van der Waals surface area contributed by atoms with Crippen LogP contribution in [0.4, 0.5) is 0 Å². The molecule has 0 fully saturated rings. The third-order valence-corrected chi connectivity index (χ3v) is 2.07. The van der Waals surface area contributed by atoms with Crippen molar-refractivity contribution in [1.82, 2.24) is 0 Å². The minimum atomic E-state index is -3.52. The summed E-state index contributed by atoms with van der Waals surface area (Å²) < 4.78 is 25.9. The third kappa shape index (κ3) is 4.12. The zero-order chi connectivity index (χ0) is 11.3. The van der Waals surface area contributed by atoms with Crippen LogP contribution >= 0.6 is 0 Å². The molecule has 1 aromatic rings. The molecule has 15 heavy (non-hydrogen) atoms. The summed E-state index contributed by atoms with van der Waals surface area (Å²) in [5.74, 6) is 0. The molecule has 5 heteroatoms. The molecule has 0 spiro atoms. The van der Waals surface area contributed by atoms with Crippen molar-refractivity contribution >= 4 is 15.8 Å². The van der Waals surface area contributed by atoms with Gasteiger partial charge in [0.2, 0.25) is 0 Å². The molecule has 1 aromatic carbocycles. The molecule has 0 aromatic heterocycles. The number of rotatable bonds is 4. The van der Waals surface area contributed by atoms with Crippen LogP contribution in [0.1, 0.15) is 18.9 Å². The van der Waals surface area contributed by atoms with Crippen molar-refractivity contribution in [1.29, 1.82) is 0 Å². The molecule has 0 aliphatic carbocycles. The van der Waals surface area contributed by atoms with Crippen molar-refractivity contribution in [3.05, 3.63) is 35.9 Å². The molecule has 0 aliphatic heterocycles. The van der Waals surface area contributed by atoms with Gasteiger partial charge >= 0.3 is 10.1 Å². The van der Waals surface area contributed by atoms with E-state index in [2.05, 4.69) is 9.44 Å². The second kappa shape index (κ2) is 4.93. The number of hydrogen-bond acceptors (Lipinski definition) is 4. The predicted octanol–water partition coefficient (Wildman–Crippen LogP) is 1.78. The lowest BCUT2D eigenvalue weighted by Crippen LogP contribution is -2.04. The average molecular weight is 227 g/mol. The maximum atomic E-state index is 10.8. The smallest absolute Gasteiger partial charge is 0.268 e. The molecule has 0 amide bonds. The van der Waals surface area contributed by atoms with E-state index in [1.54, 1.807) is 0 Å². The zero-order valence-corrected chi connectivity index (χ0v) is 9.49. The number of hydrogen-bond donors (Lipinski definition) is 0. The summed E-state index contributed by atoms with van der Waals surface area (Å²) in [5, 5.41) is 3.61. The van der Waals surface area contributed by atoms with Gasteiger partial charge in [0.05, 0.1) is 12.0 Å². The molecule has 0 aliphatic rings. The van der Waals surface area contributed by atoms with Gasteiger partial charge in [0.25, 0.3) is 0 Å². The summed E-state index contributed by atoms with van der Waals surface area (Å²) in [6.45, 7) is 1.89. The largest absolute Gasteiger partial charge is 0.325 e. The fraction of sp³-hybridized carbons (Fsp3) is 0.300. The van der Waals surface area contributed by atoms with Gasteiger partial charge in [-0.2, -0.15) is 8.42 Å². The van der Waals surface area contributed by atoms with Crippen molar-refractivity contribution < 1.29 is 12.7 Å². The first-order chi connectivity index (χ1) is 7.03. The van der Waals surface area contributed by atoms with Gasteiger partial charge in [0.15, 0.2) is 0 Å². The molecule has 0 bridgehead atoms. The lowest BCUT2D eigenvalue weighted by atomic mass is 10.1. The number of benzene rings is 1. The molecule has 0 heterocycles. The Kier molecular flexibility index (Phi) is 3.85. The Hall–Kier alpha value is -1.36. The summed E-state index contributed by atoms with van der Waals surface area (Å²) >= 11 is 0. The summed E-state index contributed by atoms with van der Waals surface area (Å²) in [7, 11) is -3.52. The fourth-order valence-corrected chi connectivity index (χ4v) is 1.29. The highest BCUT2D eigenvalue weighted by Gasteiger charge is 2.04. The van der Waals surface area contributed by atoms with Gasteiger partial charge in [-0.15, -0.1) is 0 Å². The lowest BCUT2D eigenvalue weighted by molar-refractivity contribution is 0.342. The Morgan fingerprint density at radius 1 is 1.33 bits per heavy atom. The Balaban J connectivity index is 2.90. The summed E-state index contributed by atoms with van der Waals surface area (Å²) in [6, 6.07) is 9.32. The molecule has 4 nitrogen and oxygen atoms in total.